The van der Waals surface area contributed by atoms with Crippen LogP contribution in [0.4, 0.5) is 0 Å². The van der Waals surface area contributed by atoms with Crippen LogP contribution in [-0.4, -0.2) is 0 Å². The average molecular weight is 228 g/mol. The van der Waals surface area contributed by atoms with Gasteiger partial charge < -0.3 is 0 Å². The molecule has 0 nitrogen and oxygen atoms in total. The summed E-state index contributed by atoms with van der Waals surface area (Å²) < 4.78 is 0. The lowest BCUT2D eigenvalue weighted by Crippen LogP contribution is -2.29. The molecule has 2 aliphatic carbocycles. The normalized spacial score (nSPS) is 20.4. The molecule has 0 unspecified atom stereocenters. The van der Waals surface area contributed by atoms with Gasteiger partial charge in [-0.3, -0.25) is 0 Å². The van der Waals surface area contributed by atoms with E-state index in [2.05, 4.69) is 66.8 Å². The van der Waals surface area contributed by atoms with Gasteiger partial charge in [0, 0.05) is 12.3 Å². The summed E-state index contributed by atoms with van der Waals surface area (Å²) in [4.78, 5) is 0. The topological polar surface area (TPSA) is 0 Å². The number of hydrogen-bond acceptors (Lipinski definition) is 0. The van der Waals surface area contributed by atoms with E-state index in [0.29, 0.717) is 5.92 Å². The monoisotopic (exact) mass is 228 g/mol. The van der Waals surface area contributed by atoms with Crippen LogP contribution in [0.2, 0.25) is 0 Å². The van der Waals surface area contributed by atoms with E-state index in [9.17, 15) is 0 Å². The van der Waals surface area contributed by atoms with Crippen molar-refractivity contribution in [3.8, 4) is 0 Å². The predicted octanol–water partition coefficient (Wildman–Crippen LogP) is 2.53. The van der Waals surface area contributed by atoms with Crippen molar-refractivity contribution in [3.63, 3.8) is 0 Å². The molecule has 0 aliphatic heterocycles. The van der Waals surface area contributed by atoms with E-state index < -0.39 is 0 Å². The maximum absolute atomic E-state index is 3.17. The van der Waals surface area contributed by atoms with Crippen LogP contribution in [0.15, 0.2) is 54.1 Å². The molecule has 0 saturated heterocycles. The largest absolute Gasteiger partial charge is 0.0719 e. The van der Waals surface area contributed by atoms with Crippen LogP contribution in [0.5, 0.6) is 0 Å². The van der Waals surface area contributed by atoms with Crippen molar-refractivity contribution < 1.29 is 0 Å². The van der Waals surface area contributed by atoms with E-state index in [1.165, 1.54) is 26.8 Å². The fourth-order valence-electron chi connectivity index (χ4n) is 2.72. The smallest absolute Gasteiger partial charge is 0.0211 e. The van der Waals surface area contributed by atoms with E-state index in [0.717, 1.165) is 0 Å². The van der Waals surface area contributed by atoms with Crippen molar-refractivity contribution in [1.82, 2.24) is 0 Å². The van der Waals surface area contributed by atoms with E-state index in [4.69, 9.17) is 0 Å². The van der Waals surface area contributed by atoms with Crippen LogP contribution < -0.4 is 10.4 Å². The third-order valence-corrected chi connectivity index (χ3v) is 3.67. The molecule has 0 heterocycles. The number of hydrogen-bond donors (Lipinski definition) is 0. The molecule has 0 heteroatoms. The summed E-state index contributed by atoms with van der Waals surface area (Å²) >= 11 is 0. The van der Waals surface area contributed by atoms with Crippen LogP contribution in [-0.2, 0) is 0 Å². The van der Waals surface area contributed by atoms with E-state index >= 15 is 0 Å². The van der Waals surface area contributed by atoms with Gasteiger partial charge in [-0.1, -0.05) is 48.6 Å². The maximum Gasteiger partial charge on any atom is 0.0211 e. The first-order valence-corrected chi connectivity index (χ1v) is 6.25. The van der Waals surface area contributed by atoms with Crippen molar-refractivity contribution in [1.29, 1.82) is 0 Å². The van der Waals surface area contributed by atoms with Crippen molar-refractivity contribution in [2.75, 3.05) is 0 Å². The van der Waals surface area contributed by atoms with Crippen LogP contribution in [0, 0.1) is 18.4 Å². The number of fused-ring (bicyclic) bond motifs is 3. The van der Waals surface area contributed by atoms with Gasteiger partial charge in [-0.05, 0) is 45.0 Å². The molecular weight excluding hydrogens is 216 g/mol. The Bertz CT molecular complexity index is 804. The molecule has 0 spiro atoms. The Kier molecular flexibility index (Phi) is 2.04. The van der Waals surface area contributed by atoms with Crippen molar-refractivity contribution in [3.05, 3.63) is 77.1 Å². The minimum atomic E-state index is 0.392. The van der Waals surface area contributed by atoms with Crippen molar-refractivity contribution in [2.45, 2.75) is 0 Å². The van der Waals surface area contributed by atoms with E-state index in [1.54, 1.807) is 0 Å². The minimum absolute atomic E-state index is 0.392. The molecular formula is C18H12. The molecule has 2 radical (unpaired) electrons. The lowest BCUT2D eigenvalue weighted by Gasteiger charge is -2.17. The second-order valence-corrected chi connectivity index (χ2v) is 4.83. The Balaban J connectivity index is 2.08. The highest BCUT2D eigenvalue weighted by Gasteiger charge is 2.12. The second-order valence-electron chi connectivity index (χ2n) is 4.83. The summed E-state index contributed by atoms with van der Waals surface area (Å²) in [5.41, 5.74) is 1.36. The number of rotatable bonds is 0. The SMILES string of the molecule is [C]1=C[C@H]2C=c3cc4ccccc4cc3=CC2=C[CH]1. The van der Waals surface area contributed by atoms with Crippen molar-refractivity contribution >= 4 is 22.9 Å². The first-order valence-electron chi connectivity index (χ1n) is 6.25. The average Bonchev–Trinajstić information content (AvgIpc) is 2.42. The Hall–Kier alpha value is -2.08. The molecule has 0 N–H and O–H groups in total. The van der Waals surface area contributed by atoms with Gasteiger partial charge >= 0.3 is 0 Å². The Labute approximate surface area is 106 Å². The first-order chi connectivity index (χ1) is 8.90. The van der Waals surface area contributed by atoms with Crippen LogP contribution in [0.25, 0.3) is 22.9 Å². The molecule has 0 bridgehead atoms. The highest BCUT2D eigenvalue weighted by molar-refractivity contribution is 5.83. The zero-order valence-corrected chi connectivity index (χ0v) is 9.93. The van der Waals surface area contributed by atoms with E-state index in [1.807, 2.05) is 6.42 Å². The number of benzene rings is 2. The van der Waals surface area contributed by atoms with Crippen LogP contribution in [0.1, 0.15) is 0 Å². The molecule has 18 heavy (non-hydrogen) atoms. The van der Waals surface area contributed by atoms with Gasteiger partial charge in [-0.15, -0.1) is 0 Å². The summed E-state index contributed by atoms with van der Waals surface area (Å²) in [6, 6.07) is 13.1. The highest BCUT2D eigenvalue weighted by atomic mass is 14.2. The summed E-state index contributed by atoms with van der Waals surface area (Å²) in [7, 11) is 0. The minimum Gasteiger partial charge on any atom is -0.0719 e. The van der Waals surface area contributed by atoms with Crippen LogP contribution >= 0.6 is 0 Å². The molecule has 2 aromatic carbocycles. The highest BCUT2D eigenvalue weighted by Crippen LogP contribution is 2.22. The van der Waals surface area contributed by atoms with Gasteiger partial charge in [0.25, 0.3) is 0 Å². The Morgan fingerprint density at radius 3 is 2.56 bits per heavy atom. The molecule has 0 aromatic heterocycles. The summed E-state index contributed by atoms with van der Waals surface area (Å²) in [5, 5.41) is 5.27. The predicted molar refractivity (Wildman–Crippen MR) is 75.8 cm³/mol. The zero-order chi connectivity index (χ0) is 11.9. The maximum atomic E-state index is 3.17. The molecule has 4 rings (SSSR count). The van der Waals surface area contributed by atoms with Gasteiger partial charge in [0.1, 0.15) is 0 Å². The molecule has 0 amide bonds. The molecule has 2 aromatic rings. The van der Waals surface area contributed by atoms with Crippen molar-refractivity contribution in [2.24, 2.45) is 5.92 Å². The van der Waals surface area contributed by atoms with Gasteiger partial charge in [0.2, 0.25) is 0 Å². The summed E-state index contributed by atoms with van der Waals surface area (Å²) in [6.07, 6.45) is 14.1. The molecule has 2 aliphatic rings. The summed E-state index contributed by atoms with van der Waals surface area (Å²) in [5.74, 6) is 0.392. The van der Waals surface area contributed by atoms with Crippen LogP contribution in [0.3, 0.4) is 0 Å². The Morgan fingerprint density at radius 1 is 0.944 bits per heavy atom. The van der Waals surface area contributed by atoms with Gasteiger partial charge in [0.05, 0.1) is 0 Å². The fourth-order valence-corrected chi connectivity index (χ4v) is 2.72. The van der Waals surface area contributed by atoms with E-state index in [-0.39, 0.29) is 0 Å². The third kappa shape index (κ3) is 1.46. The molecule has 84 valence electrons. The van der Waals surface area contributed by atoms with Gasteiger partial charge in [-0.2, -0.15) is 0 Å². The molecule has 0 saturated carbocycles. The fraction of sp³-hybridized carbons (Fsp3) is 0.0556. The van der Waals surface area contributed by atoms with Gasteiger partial charge in [-0.25, -0.2) is 0 Å². The lowest BCUT2D eigenvalue weighted by atomic mass is 9.87. The Morgan fingerprint density at radius 2 is 1.72 bits per heavy atom. The summed E-state index contributed by atoms with van der Waals surface area (Å²) in [6.45, 7) is 0. The standard InChI is InChI=1S/C18H12/c1-2-6-14-10-18-12-16-8-4-3-7-15(16)11-17(18)9-13(14)5-1/h1-3,5-12,16H/t16-/m0/s1. The quantitative estimate of drug-likeness (QED) is 0.650. The molecule has 0 fully saturated rings. The molecule has 1 atom stereocenters. The first kappa shape index (κ1) is 9.90. The lowest BCUT2D eigenvalue weighted by molar-refractivity contribution is 1.04. The number of allylic oxidation sites excluding steroid dienone is 4. The zero-order valence-electron chi connectivity index (χ0n) is 9.93. The third-order valence-electron chi connectivity index (χ3n) is 3.67. The van der Waals surface area contributed by atoms with Gasteiger partial charge in [0.15, 0.2) is 0 Å². The second kappa shape index (κ2) is 3.71.